The van der Waals surface area contributed by atoms with Crippen molar-refractivity contribution >= 4 is 17.6 Å². The number of rotatable bonds is 7. The number of nitrogens with zero attached hydrogens (tertiary/aromatic N) is 3. The zero-order chi connectivity index (χ0) is 19.4. The monoisotopic (exact) mass is 368 g/mol. The number of aromatic amines is 1. The lowest BCUT2D eigenvalue weighted by Crippen LogP contribution is -2.31. The SMILES string of the molecule is Cc1nc2nc(NCc3ccccc3)[nH]n2c(=O)c1CCC(=O)NC(C)C. The number of hydrogen-bond donors (Lipinski definition) is 3. The fourth-order valence-corrected chi connectivity index (χ4v) is 2.84. The lowest BCUT2D eigenvalue weighted by atomic mass is 10.1. The Labute approximate surface area is 157 Å². The minimum Gasteiger partial charge on any atom is -0.354 e. The first kappa shape index (κ1) is 18.6. The van der Waals surface area contributed by atoms with Crippen molar-refractivity contribution in [2.24, 2.45) is 0 Å². The summed E-state index contributed by atoms with van der Waals surface area (Å²) in [5, 5.41) is 8.93. The van der Waals surface area contributed by atoms with Gasteiger partial charge in [-0.2, -0.15) is 9.50 Å². The molecule has 2 aromatic heterocycles. The predicted octanol–water partition coefficient (Wildman–Crippen LogP) is 1.80. The highest BCUT2D eigenvalue weighted by Gasteiger charge is 2.15. The average Bonchev–Trinajstić information content (AvgIpc) is 3.03. The van der Waals surface area contributed by atoms with Crippen LogP contribution < -0.4 is 16.2 Å². The third kappa shape index (κ3) is 4.52. The molecule has 0 atom stereocenters. The second-order valence-electron chi connectivity index (χ2n) is 6.75. The molecule has 1 amide bonds. The Morgan fingerprint density at radius 3 is 2.67 bits per heavy atom. The number of benzene rings is 1. The summed E-state index contributed by atoms with van der Waals surface area (Å²) in [5.41, 5.74) is 1.99. The van der Waals surface area contributed by atoms with Crippen molar-refractivity contribution in [3.8, 4) is 0 Å². The predicted molar refractivity (Wildman–Crippen MR) is 104 cm³/mol. The van der Waals surface area contributed by atoms with Gasteiger partial charge in [0.05, 0.1) is 5.69 Å². The van der Waals surface area contributed by atoms with Gasteiger partial charge in [-0.15, -0.1) is 0 Å². The highest BCUT2D eigenvalue weighted by atomic mass is 16.1. The Hall–Kier alpha value is -3.16. The minimum absolute atomic E-state index is 0.0751. The van der Waals surface area contributed by atoms with Crippen LogP contribution in [0.25, 0.3) is 5.78 Å². The molecule has 27 heavy (non-hydrogen) atoms. The van der Waals surface area contributed by atoms with Crippen molar-refractivity contribution in [2.45, 2.75) is 46.2 Å². The third-order valence-corrected chi connectivity index (χ3v) is 4.15. The second-order valence-corrected chi connectivity index (χ2v) is 6.75. The van der Waals surface area contributed by atoms with Crippen LogP contribution in [-0.2, 0) is 17.8 Å². The van der Waals surface area contributed by atoms with E-state index < -0.39 is 0 Å². The highest BCUT2D eigenvalue weighted by molar-refractivity contribution is 5.76. The van der Waals surface area contributed by atoms with Gasteiger partial charge in [-0.1, -0.05) is 30.3 Å². The zero-order valence-electron chi connectivity index (χ0n) is 15.7. The van der Waals surface area contributed by atoms with Crippen molar-refractivity contribution < 1.29 is 4.79 Å². The first-order valence-corrected chi connectivity index (χ1v) is 8.99. The van der Waals surface area contributed by atoms with Gasteiger partial charge in [0.25, 0.3) is 11.3 Å². The maximum atomic E-state index is 12.8. The molecule has 3 aromatic rings. The first-order chi connectivity index (χ1) is 12.9. The number of carbonyl (C=O) groups excluding carboxylic acids is 1. The molecule has 8 nitrogen and oxygen atoms in total. The fraction of sp³-hybridized carbons (Fsp3) is 0.368. The molecule has 0 bridgehead atoms. The smallest absolute Gasteiger partial charge is 0.277 e. The van der Waals surface area contributed by atoms with Gasteiger partial charge in [-0.25, -0.2) is 4.98 Å². The molecule has 0 spiro atoms. The number of hydrogen-bond acceptors (Lipinski definition) is 5. The first-order valence-electron chi connectivity index (χ1n) is 8.99. The van der Waals surface area contributed by atoms with Crippen molar-refractivity contribution in [3.05, 3.63) is 57.5 Å². The number of carbonyl (C=O) groups is 1. The molecule has 0 aliphatic rings. The van der Waals surface area contributed by atoms with E-state index in [4.69, 9.17) is 0 Å². The average molecular weight is 368 g/mol. The normalized spacial score (nSPS) is 11.1. The van der Waals surface area contributed by atoms with Gasteiger partial charge >= 0.3 is 0 Å². The van der Waals surface area contributed by atoms with Gasteiger partial charge in [-0.05, 0) is 32.8 Å². The van der Waals surface area contributed by atoms with Gasteiger partial charge < -0.3 is 10.6 Å². The van der Waals surface area contributed by atoms with Gasteiger partial charge in [0.15, 0.2) is 0 Å². The molecule has 2 heterocycles. The van der Waals surface area contributed by atoms with E-state index in [9.17, 15) is 9.59 Å². The van der Waals surface area contributed by atoms with E-state index in [0.29, 0.717) is 35.9 Å². The van der Waals surface area contributed by atoms with Crippen molar-refractivity contribution in [1.29, 1.82) is 0 Å². The lowest BCUT2D eigenvalue weighted by molar-refractivity contribution is -0.121. The van der Waals surface area contributed by atoms with Gasteiger partial charge in [0.2, 0.25) is 11.9 Å². The van der Waals surface area contributed by atoms with Crippen LogP contribution >= 0.6 is 0 Å². The van der Waals surface area contributed by atoms with Crippen LogP contribution in [-0.4, -0.2) is 31.5 Å². The van der Waals surface area contributed by atoms with E-state index in [0.717, 1.165) is 5.56 Å². The van der Waals surface area contributed by atoms with Crippen LogP contribution in [0.15, 0.2) is 35.1 Å². The molecule has 0 saturated carbocycles. The summed E-state index contributed by atoms with van der Waals surface area (Å²) in [6, 6.07) is 9.97. The topological polar surface area (TPSA) is 104 Å². The summed E-state index contributed by atoms with van der Waals surface area (Å²) >= 11 is 0. The van der Waals surface area contributed by atoms with Crippen LogP contribution in [0.1, 0.15) is 37.1 Å². The summed E-state index contributed by atoms with van der Waals surface area (Å²) < 4.78 is 1.32. The van der Waals surface area contributed by atoms with Crippen molar-refractivity contribution in [3.63, 3.8) is 0 Å². The molecular formula is C19H24N6O2. The standard InChI is InChI=1S/C19H24N6O2/c1-12(2)21-16(26)10-9-15-13(3)22-19-23-18(24-25(19)17(15)27)20-11-14-7-5-4-6-8-14/h4-8,12H,9-11H2,1-3H3,(H,21,26)(H2,20,22,23,24). The van der Waals surface area contributed by atoms with Crippen LogP contribution in [0.4, 0.5) is 5.95 Å². The lowest BCUT2D eigenvalue weighted by Gasteiger charge is -2.08. The number of nitrogens with one attached hydrogen (secondary N) is 3. The highest BCUT2D eigenvalue weighted by Crippen LogP contribution is 2.08. The van der Waals surface area contributed by atoms with Crippen molar-refractivity contribution in [1.82, 2.24) is 24.9 Å². The van der Waals surface area contributed by atoms with Gasteiger partial charge in [0.1, 0.15) is 0 Å². The van der Waals surface area contributed by atoms with E-state index >= 15 is 0 Å². The maximum Gasteiger partial charge on any atom is 0.277 e. The maximum absolute atomic E-state index is 12.8. The molecule has 0 aliphatic carbocycles. The molecule has 0 fully saturated rings. The Kier molecular flexibility index (Phi) is 5.54. The van der Waals surface area contributed by atoms with E-state index in [2.05, 4.69) is 25.7 Å². The molecule has 0 saturated heterocycles. The molecule has 0 radical (unpaired) electrons. The number of anilines is 1. The minimum atomic E-state index is -0.227. The molecule has 1 aromatic carbocycles. The molecule has 142 valence electrons. The van der Waals surface area contributed by atoms with E-state index in [-0.39, 0.29) is 23.9 Å². The Bertz CT molecular complexity index is 991. The van der Waals surface area contributed by atoms with Crippen LogP contribution in [0.2, 0.25) is 0 Å². The second kappa shape index (κ2) is 8.03. The zero-order valence-corrected chi connectivity index (χ0v) is 15.7. The number of aryl methyl sites for hydroxylation is 1. The quantitative estimate of drug-likeness (QED) is 0.590. The summed E-state index contributed by atoms with van der Waals surface area (Å²) in [6.07, 6.45) is 0.584. The Morgan fingerprint density at radius 2 is 1.96 bits per heavy atom. The van der Waals surface area contributed by atoms with E-state index in [1.165, 1.54) is 4.52 Å². The number of H-pyrrole nitrogens is 1. The molecule has 3 rings (SSSR count). The third-order valence-electron chi connectivity index (χ3n) is 4.15. The van der Waals surface area contributed by atoms with E-state index in [1.807, 2.05) is 44.2 Å². The summed E-state index contributed by atoms with van der Waals surface area (Å²) in [4.78, 5) is 33.4. The number of fused-ring (bicyclic) bond motifs is 1. The number of amides is 1. The summed E-state index contributed by atoms with van der Waals surface area (Å²) in [6.45, 7) is 6.15. The van der Waals surface area contributed by atoms with Gasteiger partial charge in [-0.3, -0.25) is 14.7 Å². The molecule has 0 unspecified atom stereocenters. The Morgan fingerprint density at radius 1 is 1.22 bits per heavy atom. The van der Waals surface area contributed by atoms with Crippen LogP contribution in [0, 0.1) is 6.92 Å². The number of aromatic nitrogens is 4. The molecular weight excluding hydrogens is 344 g/mol. The molecule has 8 heteroatoms. The van der Waals surface area contributed by atoms with Gasteiger partial charge in [0, 0.05) is 24.6 Å². The van der Waals surface area contributed by atoms with Crippen LogP contribution in [0.5, 0.6) is 0 Å². The van der Waals surface area contributed by atoms with Crippen molar-refractivity contribution in [2.75, 3.05) is 5.32 Å². The molecule has 3 N–H and O–H groups in total. The Balaban J connectivity index is 1.77. The molecule has 0 aliphatic heterocycles. The summed E-state index contributed by atoms with van der Waals surface area (Å²) in [7, 11) is 0. The summed E-state index contributed by atoms with van der Waals surface area (Å²) in [5.74, 6) is 0.699. The largest absolute Gasteiger partial charge is 0.354 e. The fourth-order valence-electron chi connectivity index (χ4n) is 2.84. The van der Waals surface area contributed by atoms with E-state index in [1.54, 1.807) is 6.92 Å². The van der Waals surface area contributed by atoms with Crippen LogP contribution in [0.3, 0.4) is 0 Å².